The Bertz CT molecular complexity index is 846. The van der Waals surface area contributed by atoms with E-state index in [0.29, 0.717) is 11.8 Å². The fraction of sp³-hybridized carbons (Fsp3) is 0.500. The molecule has 0 saturated carbocycles. The van der Waals surface area contributed by atoms with Crippen molar-refractivity contribution in [3.63, 3.8) is 0 Å². The monoisotopic (exact) mass is 409 g/mol. The third kappa shape index (κ3) is 4.80. The lowest BCUT2D eigenvalue weighted by Gasteiger charge is -2.24. The van der Waals surface area contributed by atoms with E-state index in [1.165, 1.54) is 11.1 Å². The lowest BCUT2D eigenvalue weighted by Crippen LogP contribution is -2.23. The van der Waals surface area contributed by atoms with Crippen LogP contribution in [0.1, 0.15) is 94.7 Å². The highest BCUT2D eigenvalue weighted by Gasteiger charge is 2.29. The van der Waals surface area contributed by atoms with Crippen molar-refractivity contribution < 1.29 is 14.3 Å². The summed E-state index contributed by atoms with van der Waals surface area (Å²) in [6, 6.07) is 12.2. The Kier molecular flexibility index (Phi) is 7.41. The molecule has 4 heteroatoms. The molecule has 0 aliphatic carbocycles. The van der Waals surface area contributed by atoms with Gasteiger partial charge in [-0.05, 0) is 35.4 Å². The second-order valence-corrected chi connectivity index (χ2v) is 8.74. The SMILES string of the molecule is CCCCCC(C(=O)Nc1c(C(C)C)cccc1C(C)C)c1cccc2c1OCO2. The molecule has 1 heterocycles. The van der Waals surface area contributed by atoms with Gasteiger partial charge in [0.2, 0.25) is 12.7 Å². The second-order valence-electron chi connectivity index (χ2n) is 8.74. The third-order valence-corrected chi connectivity index (χ3v) is 5.84. The molecule has 162 valence electrons. The van der Waals surface area contributed by atoms with Gasteiger partial charge in [-0.2, -0.15) is 0 Å². The molecule has 0 saturated heterocycles. The van der Waals surface area contributed by atoms with Crippen molar-refractivity contribution in [2.45, 2.75) is 78.1 Å². The maximum Gasteiger partial charge on any atom is 0.232 e. The van der Waals surface area contributed by atoms with Crippen molar-refractivity contribution >= 4 is 11.6 Å². The molecule has 0 aromatic heterocycles. The van der Waals surface area contributed by atoms with Crippen LogP contribution in [0.25, 0.3) is 0 Å². The molecule has 0 radical (unpaired) electrons. The minimum atomic E-state index is -0.270. The molecule has 1 N–H and O–H groups in total. The summed E-state index contributed by atoms with van der Waals surface area (Å²) in [5.74, 6) is 1.87. The van der Waals surface area contributed by atoms with Gasteiger partial charge in [0.05, 0.1) is 5.92 Å². The number of ether oxygens (including phenoxy) is 2. The first-order chi connectivity index (χ1) is 14.4. The van der Waals surface area contributed by atoms with E-state index in [9.17, 15) is 4.79 Å². The predicted octanol–water partition coefficient (Wildman–Crippen LogP) is 6.96. The molecule has 1 amide bonds. The molecular formula is C26H35NO3. The largest absolute Gasteiger partial charge is 0.454 e. The molecular weight excluding hydrogens is 374 g/mol. The van der Waals surface area contributed by atoms with E-state index in [4.69, 9.17) is 9.47 Å². The maximum absolute atomic E-state index is 13.6. The van der Waals surface area contributed by atoms with E-state index in [2.05, 4.69) is 58.1 Å². The Hall–Kier alpha value is -2.49. The highest BCUT2D eigenvalue weighted by Crippen LogP contribution is 2.42. The molecule has 1 aliphatic heterocycles. The van der Waals surface area contributed by atoms with Gasteiger partial charge in [0, 0.05) is 11.3 Å². The van der Waals surface area contributed by atoms with Crippen molar-refractivity contribution in [1.82, 2.24) is 0 Å². The van der Waals surface area contributed by atoms with Crippen molar-refractivity contribution in [2.75, 3.05) is 12.1 Å². The Morgan fingerprint density at radius 1 is 0.933 bits per heavy atom. The first-order valence-electron chi connectivity index (χ1n) is 11.3. The van der Waals surface area contributed by atoms with Crippen LogP contribution in [0.4, 0.5) is 5.69 Å². The van der Waals surface area contributed by atoms with Crippen molar-refractivity contribution in [1.29, 1.82) is 0 Å². The minimum Gasteiger partial charge on any atom is -0.454 e. The summed E-state index contributed by atoms with van der Waals surface area (Å²) in [5, 5.41) is 3.32. The average molecular weight is 410 g/mol. The van der Waals surface area contributed by atoms with Crippen LogP contribution in [0.2, 0.25) is 0 Å². The van der Waals surface area contributed by atoms with E-state index in [1.807, 2.05) is 18.2 Å². The summed E-state index contributed by atoms with van der Waals surface area (Å²) in [5.41, 5.74) is 4.25. The third-order valence-electron chi connectivity index (χ3n) is 5.84. The Morgan fingerprint density at radius 3 is 2.20 bits per heavy atom. The zero-order valence-corrected chi connectivity index (χ0v) is 19.0. The van der Waals surface area contributed by atoms with Crippen molar-refractivity contribution in [3.8, 4) is 11.5 Å². The zero-order valence-electron chi connectivity index (χ0n) is 19.0. The number of hydrogen-bond donors (Lipinski definition) is 1. The molecule has 1 atom stereocenters. The molecule has 3 rings (SSSR count). The molecule has 1 unspecified atom stereocenters. The fourth-order valence-corrected chi connectivity index (χ4v) is 4.16. The number of para-hydroxylation sites is 2. The lowest BCUT2D eigenvalue weighted by molar-refractivity contribution is -0.117. The van der Waals surface area contributed by atoms with E-state index in [-0.39, 0.29) is 18.6 Å². The highest BCUT2D eigenvalue weighted by molar-refractivity contribution is 5.98. The van der Waals surface area contributed by atoms with Gasteiger partial charge in [0.25, 0.3) is 0 Å². The van der Waals surface area contributed by atoms with Gasteiger partial charge in [0.15, 0.2) is 11.5 Å². The first-order valence-corrected chi connectivity index (χ1v) is 11.3. The summed E-state index contributed by atoms with van der Waals surface area (Å²) in [7, 11) is 0. The molecule has 0 spiro atoms. The Morgan fingerprint density at radius 2 is 1.57 bits per heavy atom. The van der Waals surface area contributed by atoms with Crippen LogP contribution >= 0.6 is 0 Å². The zero-order chi connectivity index (χ0) is 21.7. The summed E-state index contributed by atoms with van der Waals surface area (Å²) in [4.78, 5) is 13.6. The highest BCUT2D eigenvalue weighted by atomic mass is 16.7. The number of nitrogens with one attached hydrogen (secondary N) is 1. The van der Waals surface area contributed by atoms with Crippen LogP contribution < -0.4 is 14.8 Å². The number of anilines is 1. The Balaban J connectivity index is 1.96. The molecule has 2 aromatic carbocycles. The smallest absolute Gasteiger partial charge is 0.232 e. The summed E-state index contributed by atoms with van der Waals surface area (Å²) in [6.07, 6.45) is 4.02. The van der Waals surface area contributed by atoms with E-state index < -0.39 is 0 Å². The Labute approximate surface area is 181 Å². The molecule has 0 bridgehead atoms. The van der Waals surface area contributed by atoms with Crippen LogP contribution in [0.15, 0.2) is 36.4 Å². The van der Waals surface area contributed by atoms with Crippen LogP contribution in [0, 0.1) is 0 Å². The molecule has 2 aromatic rings. The summed E-state index contributed by atoms with van der Waals surface area (Å²) >= 11 is 0. The normalized spacial score (nSPS) is 13.7. The van der Waals surface area contributed by atoms with Gasteiger partial charge in [-0.25, -0.2) is 0 Å². The predicted molar refractivity (Wildman–Crippen MR) is 123 cm³/mol. The number of hydrogen-bond acceptors (Lipinski definition) is 3. The first kappa shape index (κ1) is 22.2. The molecule has 30 heavy (non-hydrogen) atoms. The number of benzene rings is 2. The van der Waals surface area contributed by atoms with E-state index in [0.717, 1.165) is 48.4 Å². The van der Waals surface area contributed by atoms with Crippen LogP contribution in [-0.4, -0.2) is 12.7 Å². The van der Waals surface area contributed by atoms with Crippen molar-refractivity contribution in [3.05, 3.63) is 53.1 Å². The minimum absolute atomic E-state index is 0.0324. The van der Waals surface area contributed by atoms with E-state index in [1.54, 1.807) is 0 Å². The molecule has 1 aliphatic rings. The second kappa shape index (κ2) is 10.0. The quantitative estimate of drug-likeness (QED) is 0.455. The number of unbranched alkanes of at least 4 members (excludes halogenated alkanes) is 2. The lowest BCUT2D eigenvalue weighted by atomic mass is 9.89. The van der Waals surface area contributed by atoms with Gasteiger partial charge in [-0.3, -0.25) is 4.79 Å². The molecule has 0 fully saturated rings. The standard InChI is InChI=1S/C26H35NO3/c1-6-7-8-11-22(21-14-10-15-23-25(21)30-16-29-23)26(28)27-24-19(17(2)3)12-9-13-20(24)18(4)5/h9-10,12-15,17-18,22H,6-8,11,16H2,1-5H3,(H,27,28). The van der Waals surface area contributed by atoms with Gasteiger partial charge in [-0.1, -0.05) is 84.2 Å². The van der Waals surface area contributed by atoms with Gasteiger partial charge in [0.1, 0.15) is 0 Å². The number of carbonyl (C=O) groups excluding carboxylic acids is 1. The number of amides is 1. The summed E-state index contributed by atoms with van der Waals surface area (Å²) < 4.78 is 11.3. The maximum atomic E-state index is 13.6. The number of rotatable bonds is 9. The van der Waals surface area contributed by atoms with Crippen molar-refractivity contribution in [2.24, 2.45) is 0 Å². The van der Waals surface area contributed by atoms with Gasteiger partial charge < -0.3 is 14.8 Å². The molecule has 4 nitrogen and oxygen atoms in total. The summed E-state index contributed by atoms with van der Waals surface area (Å²) in [6.45, 7) is 11.1. The van der Waals surface area contributed by atoms with Gasteiger partial charge in [-0.15, -0.1) is 0 Å². The van der Waals surface area contributed by atoms with Crippen LogP contribution in [-0.2, 0) is 4.79 Å². The number of fused-ring (bicyclic) bond motifs is 1. The van der Waals surface area contributed by atoms with Crippen LogP contribution in [0.3, 0.4) is 0 Å². The van der Waals surface area contributed by atoms with Gasteiger partial charge >= 0.3 is 0 Å². The van der Waals surface area contributed by atoms with Crippen LogP contribution in [0.5, 0.6) is 11.5 Å². The topological polar surface area (TPSA) is 47.6 Å². The average Bonchev–Trinajstić information content (AvgIpc) is 3.20. The van der Waals surface area contributed by atoms with E-state index >= 15 is 0 Å². The number of carbonyl (C=O) groups is 1. The fourth-order valence-electron chi connectivity index (χ4n) is 4.16.